The van der Waals surface area contributed by atoms with Crippen LogP contribution in [-0.4, -0.2) is 34.7 Å². The molecule has 1 unspecified atom stereocenters. The SMILES string of the molecule is CC12CC(CF)=NN1C(N)=NC2=Nc1ccc(C#N)c(C(F)(F)F)c1. The Kier molecular flexibility index (Phi) is 3.74. The minimum absolute atomic E-state index is 0.00519. The summed E-state index contributed by atoms with van der Waals surface area (Å²) in [4.78, 5) is 8.18. The van der Waals surface area contributed by atoms with Crippen LogP contribution < -0.4 is 5.73 Å². The van der Waals surface area contributed by atoms with Gasteiger partial charge in [-0.15, -0.1) is 0 Å². The zero-order chi connectivity index (χ0) is 18.4. The third-order valence-electron chi connectivity index (χ3n) is 3.99. The fourth-order valence-electron chi connectivity index (χ4n) is 2.79. The van der Waals surface area contributed by atoms with Gasteiger partial charge in [0.2, 0.25) is 5.96 Å². The largest absolute Gasteiger partial charge is 0.417 e. The Morgan fingerprint density at radius 3 is 2.76 bits per heavy atom. The Bertz CT molecular complexity index is 864. The number of hydrazone groups is 1. The van der Waals surface area contributed by atoms with Crippen LogP contribution in [-0.2, 0) is 6.18 Å². The van der Waals surface area contributed by atoms with E-state index >= 15 is 0 Å². The fourth-order valence-corrected chi connectivity index (χ4v) is 2.79. The average Bonchev–Trinajstić information content (AvgIpc) is 3.01. The predicted octanol–water partition coefficient (Wildman–Crippen LogP) is 2.73. The Labute approximate surface area is 140 Å². The summed E-state index contributed by atoms with van der Waals surface area (Å²) in [7, 11) is 0. The van der Waals surface area contributed by atoms with E-state index in [1.54, 1.807) is 6.92 Å². The number of nitriles is 1. The molecule has 0 bridgehead atoms. The number of hydrogen-bond donors (Lipinski definition) is 1. The summed E-state index contributed by atoms with van der Waals surface area (Å²) in [5.41, 5.74) is 3.45. The van der Waals surface area contributed by atoms with Gasteiger partial charge in [0.05, 0.1) is 28.6 Å². The van der Waals surface area contributed by atoms with Crippen LogP contribution in [0.15, 0.2) is 33.3 Å². The van der Waals surface area contributed by atoms with Crippen molar-refractivity contribution in [1.29, 1.82) is 5.26 Å². The molecule has 0 saturated heterocycles. The summed E-state index contributed by atoms with van der Waals surface area (Å²) >= 11 is 0. The lowest BCUT2D eigenvalue weighted by Gasteiger charge is -2.25. The van der Waals surface area contributed by atoms with E-state index in [9.17, 15) is 17.6 Å². The molecule has 6 nitrogen and oxygen atoms in total. The first kappa shape index (κ1) is 16.9. The van der Waals surface area contributed by atoms with Gasteiger partial charge in [0.15, 0.2) is 5.84 Å². The molecule has 1 aromatic rings. The van der Waals surface area contributed by atoms with Gasteiger partial charge < -0.3 is 5.73 Å². The normalized spacial score (nSPS) is 24.2. The molecule has 0 saturated carbocycles. The van der Waals surface area contributed by atoms with Crippen molar-refractivity contribution < 1.29 is 17.6 Å². The van der Waals surface area contributed by atoms with E-state index in [1.807, 2.05) is 0 Å². The predicted molar refractivity (Wildman–Crippen MR) is 83.1 cm³/mol. The van der Waals surface area contributed by atoms with Crippen molar-refractivity contribution in [3.05, 3.63) is 29.3 Å². The second-order valence-electron chi connectivity index (χ2n) is 5.81. The standard InChI is InChI=1S/C15H12F4N6/c1-14-5-10(6-16)24-25(14)13(21)23-12(14)22-9-3-2-8(7-20)11(4-9)15(17,18)19/h2-4H,5-6H2,1H3,(H2,21,22,23). The zero-order valence-electron chi connectivity index (χ0n) is 13.0. The van der Waals surface area contributed by atoms with Crippen molar-refractivity contribution in [2.45, 2.75) is 25.1 Å². The summed E-state index contributed by atoms with van der Waals surface area (Å²) in [5.74, 6) is 0.129. The van der Waals surface area contributed by atoms with Crippen molar-refractivity contribution >= 4 is 23.2 Å². The van der Waals surface area contributed by atoms with Crippen LogP contribution in [0.1, 0.15) is 24.5 Å². The van der Waals surface area contributed by atoms with Gasteiger partial charge >= 0.3 is 6.18 Å². The molecule has 0 radical (unpaired) electrons. The minimum Gasteiger partial charge on any atom is -0.368 e. The molecule has 2 aliphatic heterocycles. The van der Waals surface area contributed by atoms with E-state index in [2.05, 4.69) is 15.1 Å². The molecule has 2 N–H and O–H groups in total. The number of amidine groups is 1. The van der Waals surface area contributed by atoms with Crippen LogP contribution in [0.2, 0.25) is 0 Å². The summed E-state index contributed by atoms with van der Waals surface area (Å²) in [6.45, 7) is 0.914. The van der Waals surface area contributed by atoms with Gasteiger partial charge in [0.25, 0.3) is 0 Å². The maximum atomic E-state index is 13.1. The third-order valence-corrected chi connectivity index (χ3v) is 3.99. The zero-order valence-corrected chi connectivity index (χ0v) is 13.0. The lowest BCUT2D eigenvalue weighted by atomic mass is 9.95. The number of rotatable bonds is 2. The molecule has 2 heterocycles. The van der Waals surface area contributed by atoms with Crippen LogP contribution >= 0.6 is 0 Å². The lowest BCUT2D eigenvalue weighted by molar-refractivity contribution is -0.137. The molecule has 10 heteroatoms. The first-order valence-electron chi connectivity index (χ1n) is 7.16. The number of nitrogens with two attached hydrogens (primary N) is 1. The van der Waals surface area contributed by atoms with Crippen molar-refractivity contribution in [2.24, 2.45) is 20.8 Å². The summed E-state index contributed by atoms with van der Waals surface area (Å²) < 4.78 is 52.1. The van der Waals surface area contributed by atoms with Crippen molar-refractivity contribution in [1.82, 2.24) is 5.01 Å². The third kappa shape index (κ3) is 2.71. The second-order valence-corrected chi connectivity index (χ2v) is 5.81. The highest BCUT2D eigenvalue weighted by Gasteiger charge is 2.49. The molecule has 0 amide bonds. The Hall–Kier alpha value is -2.96. The monoisotopic (exact) mass is 352 g/mol. The molecule has 0 spiro atoms. The van der Waals surface area contributed by atoms with Gasteiger partial charge in [-0.25, -0.2) is 14.4 Å². The number of hydrogen-bond acceptors (Lipinski definition) is 5. The molecule has 25 heavy (non-hydrogen) atoms. The summed E-state index contributed by atoms with van der Waals surface area (Å²) in [6, 6.07) is 4.60. The van der Waals surface area contributed by atoms with Gasteiger partial charge in [0.1, 0.15) is 12.2 Å². The topological polar surface area (TPSA) is 90.1 Å². The average molecular weight is 352 g/mol. The van der Waals surface area contributed by atoms with E-state index in [0.29, 0.717) is 0 Å². The number of nitrogens with zero attached hydrogens (tertiary/aromatic N) is 5. The van der Waals surface area contributed by atoms with Crippen molar-refractivity contribution in [2.75, 3.05) is 6.67 Å². The molecule has 0 aromatic heterocycles. The highest BCUT2D eigenvalue weighted by Crippen LogP contribution is 2.37. The van der Waals surface area contributed by atoms with Gasteiger partial charge in [-0.2, -0.15) is 28.5 Å². The number of aliphatic imine (C=N–C) groups is 2. The van der Waals surface area contributed by atoms with E-state index in [0.717, 1.165) is 12.1 Å². The molecule has 130 valence electrons. The van der Waals surface area contributed by atoms with E-state index in [-0.39, 0.29) is 29.6 Å². The number of benzene rings is 1. The molecule has 0 fully saturated rings. The quantitative estimate of drug-likeness (QED) is 0.830. The smallest absolute Gasteiger partial charge is 0.368 e. The fraction of sp³-hybridized carbons (Fsp3) is 0.333. The number of alkyl halides is 4. The number of guanidine groups is 1. The highest BCUT2D eigenvalue weighted by molar-refractivity contribution is 6.12. The number of fused-ring (bicyclic) bond motifs is 1. The summed E-state index contributed by atoms with van der Waals surface area (Å²) in [5, 5.41) is 14.2. The molecular formula is C15H12F4N6. The first-order valence-corrected chi connectivity index (χ1v) is 7.16. The molecule has 3 rings (SSSR count). The number of halogens is 4. The van der Waals surface area contributed by atoms with Gasteiger partial charge in [-0.05, 0) is 25.1 Å². The van der Waals surface area contributed by atoms with Crippen LogP contribution in [0, 0.1) is 11.3 Å². The van der Waals surface area contributed by atoms with Gasteiger partial charge in [-0.1, -0.05) is 0 Å². The molecule has 1 atom stereocenters. The van der Waals surface area contributed by atoms with E-state index in [4.69, 9.17) is 11.0 Å². The van der Waals surface area contributed by atoms with Crippen LogP contribution in [0.4, 0.5) is 23.2 Å². The Balaban J connectivity index is 2.04. The van der Waals surface area contributed by atoms with Gasteiger partial charge in [0, 0.05) is 6.42 Å². The first-order chi connectivity index (χ1) is 11.7. The maximum Gasteiger partial charge on any atom is 0.417 e. The van der Waals surface area contributed by atoms with Gasteiger partial charge in [-0.3, -0.25) is 0 Å². The van der Waals surface area contributed by atoms with Crippen molar-refractivity contribution in [3.8, 4) is 6.07 Å². The lowest BCUT2D eigenvalue weighted by Crippen LogP contribution is -2.45. The molecule has 0 aliphatic carbocycles. The van der Waals surface area contributed by atoms with Crippen LogP contribution in [0.3, 0.4) is 0 Å². The second kappa shape index (κ2) is 5.54. The minimum atomic E-state index is -4.69. The molecule has 2 aliphatic rings. The van der Waals surface area contributed by atoms with E-state index < -0.39 is 29.5 Å². The Morgan fingerprint density at radius 1 is 1.44 bits per heavy atom. The molecule has 1 aromatic carbocycles. The van der Waals surface area contributed by atoms with Crippen LogP contribution in [0.5, 0.6) is 0 Å². The van der Waals surface area contributed by atoms with Crippen LogP contribution in [0.25, 0.3) is 0 Å². The molecular weight excluding hydrogens is 340 g/mol. The maximum absolute atomic E-state index is 13.1. The highest BCUT2D eigenvalue weighted by atomic mass is 19.4. The Morgan fingerprint density at radius 2 is 2.16 bits per heavy atom. The summed E-state index contributed by atoms with van der Waals surface area (Å²) in [6.07, 6.45) is -4.51. The van der Waals surface area contributed by atoms with E-state index in [1.165, 1.54) is 17.1 Å². The van der Waals surface area contributed by atoms with Crippen molar-refractivity contribution in [3.63, 3.8) is 0 Å².